The molecule has 2 aromatic carbocycles. The number of para-hydroxylation sites is 1. The molecule has 0 spiro atoms. The molecule has 0 fully saturated rings. The first-order valence-corrected chi connectivity index (χ1v) is 7.04. The summed E-state index contributed by atoms with van der Waals surface area (Å²) < 4.78 is 10.5. The van der Waals surface area contributed by atoms with E-state index in [1.165, 1.54) is 5.56 Å². The Labute approximate surface area is 121 Å². The topological polar surface area (TPSA) is 60.2 Å². The Morgan fingerprint density at radius 1 is 1.10 bits per heavy atom. The molecule has 1 N–H and O–H groups in total. The SMILES string of the molecule is c1ccc2c(c1)CC(NCc1ccc3nonc3c1)CO2. The second kappa shape index (κ2) is 5.18. The molecule has 1 aliphatic rings. The van der Waals surface area contributed by atoms with E-state index < -0.39 is 0 Å². The van der Waals surface area contributed by atoms with Crippen LogP contribution in [-0.4, -0.2) is 23.0 Å². The van der Waals surface area contributed by atoms with Crippen molar-refractivity contribution in [3.63, 3.8) is 0 Å². The van der Waals surface area contributed by atoms with Crippen LogP contribution in [0.15, 0.2) is 47.1 Å². The van der Waals surface area contributed by atoms with Crippen molar-refractivity contribution < 1.29 is 9.37 Å². The van der Waals surface area contributed by atoms with E-state index in [9.17, 15) is 0 Å². The van der Waals surface area contributed by atoms with Gasteiger partial charge in [-0.2, -0.15) is 0 Å². The lowest BCUT2D eigenvalue weighted by Crippen LogP contribution is -2.38. The summed E-state index contributed by atoms with van der Waals surface area (Å²) in [6, 6.07) is 14.5. The normalized spacial score (nSPS) is 17.4. The fraction of sp³-hybridized carbons (Fsp3) is 0.250. The van der Waals surface area contributed by atoms with Crippen LogP contribution in [-0.2, 0) is 13.0 Å². The van der Waals surface area contributed by atoms with E-state index in [1.54, 1.807) is 0 Å². The first kappa shape index (κ1) is 12.3. The van der Waals surface area contributed by atoms with Gasteiger partial charge in [0.15, 0.2) is 0 Å². The first-order chi connectivity index (χ1) is 10.4. The summed E-state index contributed by atoms with van der Waals surface area (Å²) in [5, 5.41) is 11.2. The molecule has 2 heterocycles. The minimum atomic E-state index is 0.325. The third-order valence-electron chi connectivity index (χ3n) is 3.79. The van der Waals surface area contributed by atoms with Crippen LogP contribution in [0.3, 0.4) is 0 Å². The number of ether oxygens (including phenoxy) is 1. The molecule has 0 radical (unpaired) electrons. The van der Waals surface area contributed by atoms with Crippen molar-refractivity contribution >= 4 is 11.0 Å². The van der Waals surface area contributed by atoms with Gasteiger partial charge in [-0.1, -0.05) is 24.3 Å². The quantitative estimate of drug-likeness (QED) is 0.798. The van der Waals surface area contributed by atoms with E-state index >= 15 is 0 Å². The van der Waals surface area contributed by atoms with Crippen LogP contribution < -0.4 is 10.1 Å². The molecule has 0 aliphatic carbocycles. The van der Waals surface area contributed by atoms with Gasteiger partial charge in [0.1, 0.15) is 23.4 Å². The maximum atomic E-state index is 5.78. The lowest BCUT2D eigenvalue weighted by atomic mass is 10.0. The highest BCUT2D eigenvalue weighted by Gasteiger charge is 2.18. The standard InChI is InChI=1S/C16H15N3O2/c1-2-4-16-12(3-1)8-13(10-20-16)17-9-11-5-6-14-15(7-11)19-21-18-14/h1-7,13,17H,8-10H2. The van der Waals surface area contributed by atoms with Crippen molar-refractivity contribution in [3.05, 3.63) is 53.6 Å². The van der Waals surface area contributed by atoms with Gasteiger partial charge in [-0.15, -0.1) is 0 Å². The Balaban J connectivity index is 1.43. The maximum absolute atomic E-state index is 5.78. The molecule has 1 aliphatic heterocycles. The van der Waals surface area contributed by atoms with Crippen molar-refractivity contribution in [1.82, 2.24) is 15.6 Å². The van der Waals surface area contributed by atoms with E-state index in [0.717, 1.165) is 35.3 Å². The molecule has 4 rings (SSSR count). The predicted molar refractivity (Wildman–Crippen MR) is 78.1 cm³/mol. The molecule has 1 aromatic heterocycles. The monoisotopic (exact) mass is 281 g/mol. The molecule has 5 heteroatoms. The van der Waals surface area contributed by atoms with E-state index in [0.29, 0.717) is 12.6 Å². The largest absolute Gasteiger partial charge is 0.492 e. The van der Waals surface area contributed by atoms with Crippen LogP contribution in [0, 0.1) is 0 Å². The van der Waals surface area contributed by atoms with Gasteiger partial charge >= 0.3 is 0 Å². The molecule has 0 amide bonds. The van der Waals surface area contributed by atoms with Crippen molar-refractivity contribution in [2.24, 2.45) is 0 Å². The minimum absolute atomic E-state index is 0.325. The molecular weight excluding hydrogens is 266 g/mol. The molecule has 3 aromatic rings. The van der Waals surface area contributed by atoms with Gasteiger partial charge in [-0.25, -0.2) is 4.63 Å². The van der Waals surface area contributed by atoms with Gasteiger partial charge in [-0.3, -0.25) is 0 Å². The van der Waals surface area contributed by atoms with E-state index in [1.807, 2.05) is 30.3 Å². The van der Waals surface area contributed by atoms with Crippen LogP contribution in [0.1, 0.15) is 11.1 Å². The molecule has 1 atom stereocenters. The summed E-state index contributed by atoms with van der Waals surface area (Å²) >= 11 is 0. The number of benzene rings is 2. The summed E-state index contributed by atoms with van der Waals surface area (Å²) in [4.78, 5) is 0. The van der Waals surface area contributed by atoms with Crippen molar-refractivity contribution in [1.29, 1.82) is 0 Å². The van der Waals surface area contributed by atoms with Crippen molar-refractivity contribution in [2.75, 3.05) is 6.61 Å². The Kier molecular flexibility index (Phi) is 3.05. The minimum Gasteiger partial charge on any atom is -0.492 e. The molecular formula is C16H15N3O2. The zero-order valence-corrected chi connectivity index (χ0v) is 11.5. The van der Waals surface area contributed by atoms with Crippen LogP contribution >= 0.6 is 0 Å². The molecule has 0 bridgehead atoms. The third kappa shape index (κ3) is 2.48. The van der Waals surface area contributed by atoms with E-state index in [-0.39, 0.29) is 0 Å². The van der Waals surface area contributed by atoms with Gasteiger partial charge in [0, 0.05) is 12.6 Å². The van der Waals surface area contributed by atoms with Gasteiger partial charge in [0.25, 0.3) is 0 Å². The number of hydrogen-bond donors (Lipinski definition) is 1. The predicted octanol–water partition coefficient (Wildman–Crippen LogP) is 2.32. The van der Waals surface area contributed by atoms with Crippen molar-refractivity contribution in [2.45, 2.75) is 19.0 Å². The van der Waals surface area contributed by atoms with Gasteiger partial charge in [-0.05, 0) is 46.1 Å². The van der Waals surface area contributed by atoms with E-state index in [4.69, 9.17) is 9.37 Å². The molecule has 1 unspecified atom stereocenters. The maximum Gasteiger partial charge on any atom is 0.135 e. The Morgan fingerprint density at radius 3 is 3.00 bits per heavy atom. The molecule has 5 nitrogen and oxygen atoms in total. The van der Waals surface area contributed by atoms with Gasteiger partial charge in [0.2, 0.25) is 0 Å². The Hall–Kier alpha value is -2.40. The number of fused-ring (bicyclic) bond motifs is 2. The smallest absolute Gasteiger partial charge is 0.135 e. The second-order valence-electron chi connectivity index (χ2n) is 5.29. The van der Waals surface area contributed by atoms with Crippen LogP contribution in [0.25, 0.3) is 11.0 Å². The second-order valence-corrected chi connectivity index (χ2v) is 5.29. The fourth-order valence-electron chi connectivity index (χ4n) is 2.66. The van der Waals surface area contributed by atoms with Crippen LogP contribution in [0.5, 0.6) is 5.75 Å². The average Bonchev–Trinajstić information content (AvgIpc) is 3.00. The zero-order chi connectivity index (χ0) is 14.1. The zero-order valence-electron chi connectivity index (χ0n) is 11.5. The van der Waals surface area contributed by atoms with Gasteiger partial charge < -0.3 is 10.1 Å². The summed E-state index contributed by atoms with van der Waals surface area (Å²) in [5.74, 6) is 1.01. The van der Waals surface area contributed by atoms with Crippen LogP contribution in [0.4, 0.5) is 0 Å². The lowest BCUT2D eigenvalue weighted by Gasteiger charge is -2.26. The Bertz CT molecular complexity index is 769. The first-order valence-electron chi connectivity index (χ1n) is 7.04. The summed E-state index contributed by atoms with van der Waals surface area (Å²) in [6.07, 6.45) is 0.990. The number of aromatic nitrogens is 2. The lowest BCUT2D eigenvalue weighted by molar-refractivity contribution is 0.238. The fourth-order valence-corrected chi connectivity index (χ4v) is 2.66. The van der Waals surface area contributed by atoms with E-state index in [2.05, 4.69) is 27.8 Å². The number of rotatable bonds is 3. The highest BCUT2D eigenvalue weighted by molar-refractivity contribution is 5.73. The summed E-state index contributed by atoms with van der Waals surface area (Å²) in [7, 11) is 0. The van der Waals surface area contributed by atoms with Crippen LogP contribution in [0.2, 0.25) is 0 Å². The Morgan fingerprint density at radius 2 is 2.00 bits per heavy atom. The van der Waals surface area contributed by atoms with Gasteiger partial charge in [0.05, 0.1) is 0 Å². The molecule has 0 saturated carbocycles. The highest BCUT2D eigenvalue weighted by Crippen LogP contribution is 2.24. The third-order valence-corrected chi connectivity index (χ3v) is 3.79. The number of nitrogens with zero attached hydrogens (tertiary/aromatic N) is 2. The highest BCUT2D eigenvalue weighted by atomic mass is 16.6. The molecule has 0 saturated heterocycles. The number of nitrogens with one attached hydrogen (secondary N) is 1. The molecule has 21 heavy (non-hydrogen) atoms. The summed E-state index contributed by atoms with van der Waals surface area (Å²) in [6.45, 7) is 1.48. The van der Waals surface area contributed by atoms with Crippen molar-refractivity contribution in [3.8, 4) is 5.75 Å². The average molecular weight is 281 g/mol. The molecule has 106 valence electrons. The summed E-state index contributed by atoms with van der Waals surface area (Å²) in [5.41, 5.74) is 4.00. The number of hydrogen-bond acceptors (Lipinski definition) is 5.